The summed E-state index contributed by atoms with van der Waals surface area (Å²) in [7, 11) is 0. The minimum absolute atomic E-state index is 0.0576. The maximum atomic E-state index is 12.4. The summed E-state index contributed by atoms with van der Waals surface area (Å²) in [6.45, 7) is 0.329. The van der Waals surface area contributed by atoms with Gasteiger partial charge in [0.05, 0.1) is 0 Å². The minimum atomic E-state index is -0.288. The fourth-order valence-electron chi connectivity index (χ4n) is 2.01. The van der Waals surface area contributed by atoms with Gasteiger partial charge in [0.2, 0.25) is 0 Å². The number of carbonyl (C=O) groups is 1. The lowest BCUT2D eigenvalue weighted by atomic mass is 10.1. The highest BCUT2D eigenvalue weighted by Crippen LogP contribution is 2.30. The topological polar surface area (TPSA) is 119 Å². The van der Waals surface area contributed by atoms with Crippen molar-refractivity contribution >= 4 is 11.7 Å². The van der Waals surface area contributed by atoms with Crippen molar-refractivity contribution in [2.45, 2.75) is 25.3 Å². The van der Waals surface area contributed by atoms with E-state index in [-0.39, 0.29) is 41.3 Å². The molecule has 1 saturated carbocycles. The third-order valence-corrected chi connectivity index (χ3v) is 3.14. The van der Waals surface area contributed by atoms with Gasteiger partial charge < -0.3 is 26.1 Å². The molecule has 108 valence electrons. The number of amidine groups is 1. The highest BCUT2D eigenvalue weighted by Gasteiger charge is 2.33. The first kappa shape index (κ1) is 14.0. The zero-order valence-electron chi connectivity index (χ0n) is 10.9. The van der Waals surface area contributed by atoms with Gasteiger partial charge in [-0.15, -0.1) is 0 Å². The number of carbonyl (C=O) groups excluding carboxylic acids is 1. The van der Waals surface area contributed by atoms with Crippen molar-refractivity contribution in [2.75, 3.05) is 6.54 Å². The lowest BCUT2D eigenvalue weighted by Crippen LogP contribution is -2.35. The third kappa shape index (κ3) is 3.31. The van der Waals surface area contributed by atoms with E-state index < -0.39 is 0 Å². The van der Waals surface area contributed by atoms with E-state index in [4.69, 9.17) is 10.9 Å². The molecular formula is C13H17N3O4. The van der Waals surface area contributed by atoms with Gasteiger partial charge in [0, 0.05) is 30.6 Å². The number of nitrogens with two attached hydrogens (primary N) is 1. The van der Waals surface area contributed by atoms with Crippen LogP contribution in [0.2, 0.25) is 0 Å². The molecule has 1 fully saturated rings. The summed E-state index contributed by atoms with van der Waals surface area (Å²) >= 11 is 0. The molecule has 0 spiro atoms. The van der Waals surface area contributed by atoms with E-state index in [0.717, 1.165) is 18.9 Å². The van der Waals surface area contributed by atoms with Crippen LogP contribution < -0.4 is 5.73 Å². The van der Waals surface area contributed by atoms with Gasteiger partial charge in [-0.3, -0.25) is 4.79 Å². The number of rotatable bonds is 5. The molecule has 0 bridgehead atoms. The highest BCUT2D eigenvalue weighted by molar-refractivity contribution is 5.95. The van der Waals surface area contributed by atoms with E-state index in [2.05, 4.69) is 5.16 Å². The quantitative estimate of drug-likeness (QED) is 0.275. The van der Waals surface area contributed by atoms with Crippen LogP contribution in [-0.2, 0) is 0 Å². The molecule has 1 aliphatic carbocycles. The molecule has 20 heavy (non-hydrogen) atoms. The molecule has 5 N–H and O–H groups in total. The summed E-state index contributed by atoms with van der Waals surface area (Å²) in [5.41, 5.74) is 5.63. The van der Waals surface area contributed by atoms with Gasteiger partial charge in [0.25, 0.3) is 5.91 Å². The Morgan fingerprint density at radius 1 is 1.30 bits per heavy atom. The number of hydrogen-bond donors (Lipinski definition) is 4. The largest absolute Gasteiger partial charge is 0.508 e. The van der Waals surface area contributed by atoms with Crippen LogP contribution in [0.15, 0.2) is 23.4 Å². The molecule has 0 heterocycles. The van der Waals surface area contributed by atoms with Crippen LogP contribution in [0, 0.1) is 0 Å². The van der Waals surface area contributed by atoms with Crippen molar-refractivity contribution in [3.8, 4) is 11.5 Å². The van der Waals surface area contributed by atoms with Gasteiger partial charge >= 0.3 is 0 Å². The maximum Gasteiger partial charge on any atom is 0.254 e. The van der Waals surface area contributed by atoms with Crippen molar-refractivity contribution in [1.82, 2.24) is 4.90 Å². The molecule has 1 aromatic carbocycles. The molecule has 7 nitrogen and oxygen atoms in total. The lowest BCUT2D eigenvalue weighted by molar-refractivity contribution is 0.0746. The van der Waals surface area contributed by atoms with Gasteiger partial charge in [0.15, 0.2) is 0 Å². The first-order valence-corrected chi connectivity index (χ1v) is 6.31. The minimum Gasteiger partial charge on any atom is -0.508 e. The third-order valence-electron chi connectivity index (χ3n) is 3.14. The van der Waals surface area contributed by atoms with Gasteiger partial charge in [0.1, 0.15) is 17.3 Å². The van der Waals surface area contributed by atoms with E-state index in [1.807, 2.05) is 0 Å². The van der Waals surface area contributed by atoms with Crippen molar-refractivity contribution < 1.29 is 20.2 Å². The van der Waals surface area contributed by atoms with E-state index in [1.165, 1.54) is 12.1 Å². The fraction of sp³-hybridized carbons (Fsp3) is 0.385. The van der Waals surface area contributed by atoms with Crippen molar-refractivity contribution in [3.63, 3.8) is 0 Å². The average molecular weight is 279 g/mol. The Morgan fingerprint density at radius 2 is 1.90 bits per heavy atom. The Kier molecular flexibility index (Phi) is 3.97. The molecule has 1 aliphatic rings. The Labute approximate surface area is 115 Å². The van der Waals surface area contributed by atoms with Crippen LogP contribution >= 0.6 is 0 Å². The number of aromatic hydroxyl groups is 2. The summed E-state index contributed by atoms with van der Waals surface area (Å²) in [6.07, 6.45) is 2.09. The van der Waals surface area contributed by atoms with Crippen LogP contribution in [0.5, 0.6) is 11.5 Å². The number of phenols is 2. The highest BCUT2D eigenvalue weighted by atomic mass is 16.4. The number of benzene rings is 1. The number of amides is 1. The molecule has 0 radical (unpaired) electrons. The van der Waals surface area contributed by atoms with Crippen LogP contribution in [0.3, 0.4) is 0 Å². The van der Waals surface area contributed by atoms with Crippen molar-refractivity contribution in [1.29, 1.82) is 0 Å². The summed E-state index contributed by atoms with van der Waals surface area (Å²) in [5, 5.41) is 30.3. The summed E-state index contributed by atoms with van der Waals surface area (Å²) in [6, 6.07) is 3.91. The number of hydrogen-bond acceptors (Lipinski definition) is 5. The van der Waals surface area contributed by atoms with E-state index >= 15 is 0 Å². The van der Waals surface area contributed by atoms with E-state index in [9.17, 15) is 15.0 Å². The molecule has 0 saturated heterocycles. The summed E-state index contributed by atoms with van der Waals surface area (Å²) < 4.78 is 0. The molecule has 1 aromatic rings. The summed E-state index contributed by atoms with van der Waals surface area (Å²) in [5.74, 6) is -0.562. The average Bonchev–Trinajstić information content (AvgIpc) is 3.21. The summed E-state index contributed by atoms with van der Waals surface area (Å²) in [4.78, 5) is 14.0. The first-order valence-electron chi connectivity index (χ1n) is 6.31. The predicted molar refractivity (Wildman–Crippen MR) is 71.9 cm³/mol. The fourth-order valence-corrected chi connectivity index (χ4v) is 2.01. The molecule has 0 unspecified atom stereocenters. The second-order valence-corrected chi connectivity index (χ2v) is 4.81. The predicted octanol–water partition coefficient (Wildman–Crippen LogP) is 0.839. The Hall–Kier alpha value is -2.44. The second-order valence-electron chi connectivity index (χ2n) is 4.81. The van der Waals surface area contributed by atoms with Crippen LogP contribution in [0.1, 0.15) is 29.6 Å². The van der Waals surface area contributed by atoms with Crippen LogP contribution in [0.25, 0.3) is 0 Å². The van der Waals surface area contributed by atoms with Gasteiger partial charge in [-0.05, 0) is 25.0 Å². The van der Waals surface area contributed by atoms with Crippen LogP contribution in [-0.4, -0.2) is 44.6 Å². The van der Waals surface area contributed by atoms with Crippen molar-refractivity contribution in [3.05, 3.63) is 23.8 Å². The number of phenolic OH excluding ortho intramolecular Hbond substituents is 2. The Morgan fingerprint density at radius 3 is 2.40 bits per heavy atom. The molecule has 0 aliphatic heterocycles. The van der Waals surface area contributed by atoms with Gasteiger partial charge in [-0.1, -0.05) is 5.16 Å². The van der Waals surface area contributed by atoms with Gasteiger partial charge in [-0.2, -0.15) is 0 Å². The van der Waals surface area contributed by atoms with Gasteiger partial charge in [-0.25, -0.2) is 0 Å². The SMILES string of the molecule is N/C(CCN(C(=O)c1cc(O)cc(O)c1)C1CC1)=N/O. The monoisotopic (exact) mass is 279 g/mol. The maximum absolute atomic E-state index is 12.4. The zero-order chi connectivity index (χ0) is 14.7. The second kappa shape index (κ2) is 5.68. The number of oxime groups is 1. The smallest absolute Gasteiger partial charge is 0.254 e. The number of nitrogens with zero attached hydrogens (tertiary/aromatic N) is 2. The Bertz CT molecular complexity index is 520. The molecule has 0 aromatic heterocycles. The normalized spacial score (nSPS) is 15.1. The molecule has 0 atom stereocenters. The first-order chi connectivity index (χ1) is 9.51. The molecular weight excluding hydrogens is 262 g/mol. The molecule has 1 amide bonds. The molecule has 7 heteroatoms. The van der Waals surface area contributed by atoms with E-state index in [1.54, 1.807) is 4.90 Å². The molecule has 2 rings (SSSR count). The zero-order valence-corrected chi connectivity index (χ0v) is 10.9. The van der Waals surface area contributed by atoms with E-state index in [0.29, 0.717) is 6.54 Å². The standard InChI is InChI=1S/C13H17N3O4/c14-12(15-20)3-4-16(9-1-2-9)13(19)8-5-10(17)7-11(18)6-8/h5-7,9,17-18,20H,1-4H2,(H2,14,15). The van der Waals surface area contributed by atoms with Crippen LogP contribution in [0.4, 0.5) is 0 Å². The van der Waals surface area contributed by atoms with Crippen molar-refractivity contribution in [2.24, 2.45) is 10.9 Å². The lowest BCUT2D eigenvalue weighted by Gasteiger charge is -2.22. The Balaban J connectivity index is 2.14.